The predicted molar refractivity (Wildman–Crippen MR) is 89.5 cm³/mol. The lowest BCUT2D eigenvalue weighted by Crippen LogP contribution is -2.09. The predicted octanol–water partition coefficient (Wildman–Crippen LogP) is 4.19. The summed E-state index contributed by atoms with van der Waals surface area (Å²) < 4.78 is 0. The molecule has 0 bridgehead atoms. The van der Waals surface area contributed by atoms with Crippen molar-refractivity contribution in [2.75, 3.05) is 11.9 Å². The summed E-state index contributed by atoms with van der Waals surface area (Å²) in [7, 11) is 0. The van der Waals surface area contributed by atoms with Crippen LogP contribution in [0.1, 0.15) is 15.9 Å². The monoisotopic (exact) mass is 291 g/mol. The molecule has 22 heavy (non-hydrogen) atoms. The number of nitrogens with one attached hydrogen (secondary N) is 1. The molecule has 0 saturated heterocycles. The Balaban J connectivity index is 1.74. The topological polar surface area (TPSA) is 49.3 Å². The minimum absolute atomic E-state index is 0.306. The van der Waals surface area contributed by atoms with Crippen molar-refractivity contribution < 1.29 is 9.90 Å². The molecule has 0 aliphatic heterocycles. The van der Waals surface area contributed by atoms with E-state index in [2.05, 4.69) is 35.6 Å². The highest BCUT2D eigenvalue weighted by Gasteiger charge is 2.08. The number of para-hydroxylation sites is 1. The normalized spacial score (nSPS) is 10.5. The van der Waals surface area contributed by atoms with Crippen molar-refractivity contribution in [2.45, 2.75) is 6.42 Å². The highest BCUT2D eigenvalue weighted by Crippen LogP contribution is 2.20. The Kier molecular flexibility index (Phi) is 4.05. The molecule has 0 aliphatic carbocycles. The molecule has 0 aliphatic rings. The molecule has 0 saturated carbocycles. The van der Waals surface area contributed by atoms with Crippen LogP contribution in [0.5, 0.6) is 0 Å². The Labute approximate surface area is 129 Å². The van der Waals surface area contributed by atoms with Crippen molar-refractivity contribution in [3.63, 3.8) is 0 Å². The van der Waals surface area contributed by atoms with E-state index in [1.807, 2.05) is 18.2 Å². The number of anilines is 1. The quantitative estimate of drug-likeness (QED) is 0.741. The highest BCUT2D eigenvalue weighted by molar-refractivity contribution is 5.94. The van der Waals surface area contributed by atoms with E-state index in [1.54, 1.807) is 18.2 Å². The lowest BCUT2D eigenvalue weighted by molar-refractivity contribution is 0.0698. The summed E-state index contributed by atoms with van der Waals surface area (Å²) in [5, 5.41) is 14.9. The Morgan fingerprint density at radius 3 is 2.50 bits per heavy atom. The third kappa shape index (κ3) is 2.93. The van der Waals surface area contributed by atoms with E-state index >= 15 is 0 Å². The minimum atomic E-state index is -0.909. The fourth-order valence-electron chi connectivity index (χ4n) is 2.67. The van der Waals surface area contributed by atoms with Gasteiger partial charge in [-0.05, 0) is 34.9 Å². The standard InChI is InChI=1S/C19H17NO2/c21-19(22)17-10-3-4-11-18(17)20-13-12-15-8-5-7-14-6-1-2-9-16(14)15/h1-11,20H,12-13H2,(H,21,22). The number of aromatic carboxylic acids is 1. The largest absolute Gasteiger partial charge is 0.478 e. The van der Waals surface area contributed by atoms with Gasteiger partial charge >= 0.3 is 5.97 Å². The van der Waals surface area contributed by atoms with Crippen LogP contribution in [-0.2, 0) is 6.42 Å². The van der Waals surface area contributed by atoms with Crippen molar-refractivity contribution in [1.82, 2.24) is 0 Å². The fraction of sp³-hybridized carbons (Fsp3) is 0.105. The Hall–Kier alpha value is -2.81. The number of hydrogen-bond donors (Lipinski definition) is 2. The van der Waals surface area contributed by atoms with E-state index in [9.17, 15) is 9.90 Å². The number of fused-ring (bicyclic) bond motifs is 1. The molecule has 0 aromatic heterocycles. The Morgan fingerprint density at radius 1 is 0.909 bits per heavy atom. The van der Waals surface area contributed by atoms with Crippen LogP contribution in [0.25, 0.3) is 10.8 Å². The van der Waals surface area contributed by atoms with Gasteiger partial charge in [-0.1, -0.05) is 54.6 Å². The molecule has 3 aromatic rings. The fourth-order valence-corrected chi connectivity index (χ4v) is 2.67. The summed E-state index contributed by atoms with van der Waals surface area (Å²) in [6, 6.07) is 21.6. The van der Waals surface area contributed by atoms with Crippen molar-refractivity contribution in [2.24, 2.45) is 0 Å². The summed E-state index contributed by atoms with van der Waals surface area (Å²) in [6.45, 7) is 0.693. The van der Waals surface area contributed by atoms with E-state index in [1.165, 1.54) is 16.3 Å². The summed E-state index contributed by atoms with van der Waals surface area (Å²) in [5.41, 5.74) is 2.23. The van der Waals surface area contributed by atoms with Gasteiger partial charge in [0.2, 0.25) is 0 Å². The lowest BCUT2D eigenvalue weighted by atomic mass is 10.0. The number of carbonyl (C=O) groups is 1. The molecule has 0 fully saturated rings. The molecule has 0 spiro atoms. The molecular weight excluding hydrogens is 274 g/mol. The third-order valence-electron chi connectivity index (χ3n) is 3.75. The van der Waals surface area contributed by atoms with Crippen molar-refractivity contribution in [1.29, 1.82) is 0 Å². The van der Waals surface area contributed by atoms with Gasteiger partial charge in [0.25, 0.3) is 0 Å². The Morgan fingerprint density at radius 2 is 1.64 bits per heavy atom. The average molecular weight is 291 g/mol. The van der Waals surface area contributed by atoms with Crippen LogP contribution < -0.4 is 5.32 Å². The van der Waals surface area contributed by atoms with Gasteiger partial charge in [-0.2, -0.15) is 0 Å². The van der Waals surface area contributed by atoms with Crippen LogP contribution in [-0.4, -0.2) is 17.6 Å². The number of hydrogen-bond acceptors (Lipinski definition) is 2. The molecule has 0 radical (unpaired) electrons. The first-order chi connectivity index (χ1) is 10.8. The van der Waals surface area contributed by atoms with Gasteiger partial charge in [-0.15, -0.1) is 0 Å². The van der Waals surface area contributed by atoms with Gasteiger partial charge in [-0.3, -0.25) is 0 Å². The van der Waals surface area contributed by atoms with Crippen LogP contribution in [0.3, 0.4) is 0 Å². The van der Waals surface area contributed by atoms with Gasteiger partial charge in [0.05, 0.1) is 5.56 Å². The maximum Gasteiger partial charge on any atom is 0.337 e. The zero-order valence-electron chi connectivity index (χ0n) is 12.1. The second kappa shape index (κ2) is 6.31. The Bertz CT molecular complexity index is 806. The van der Waals surface area contributed by atoms with E-state index < -0.39 is 5.97 Å². The van der Waals surface area contributed by atoms with Crippen LogP contribution >= 0.6 is 0 Å². The average Bonchev–Trinajstić information content (AvgIpc) is 2.55. The first kappa shape index (κ1) is 14.1. The zero-order chi connectivity index (χ0) is 15.4. The maximum atomic E-state index is 11.2. The van der Waals surface area contributed by atoms with E-state index in [0.29, 0.717) is 17.8 Å². The number of rotatable bonds is 5. The second-order valence-electron chi connectivity index (χ2n) is 5.17. The van der Waals surface area contributed by atoms with Crippen molar-refractivity contribution >= 4 is 22.4 Å². The van der Waals surface area contributed by atoms with E-state index in [-0.39, 0.29) is 0 Å². The maximum absolute atomic E-state index is 11.2. The molecule has 110 valence electrons. The molecule has 3 heteroatoms. The molecule has 0 heterocycles. The van der Waals surface area contributed by atoms with Gasteiger partial charge in [0.15, 0.2) is 0 Å². The highest BCUT2D eigenvalue weighted by atomic mass is 16.4. The summed E-state index contributed by atoms with van der Waals surface area (Å²) in [5.74, 6) is -0.909. The lowest BCUT2D eigenvalue weighted by Gasteiger charge is -2.11. The van der Waals surface area contributed by atoms with E-state index in [0.717, 1.165) is 6.42 Å². The van der Waals surface area contributed by atoms with Crippen LogP contribution in [0.4, 0.5) is 5.69 Å². The van der Waals surface area contributed by atoms with E-state index in [4.69, 9.17) is 0 Å². The molecule has 3 nitrogen and oxygen atoms in total. The van der Waals surface area contributed by atoms with Crippen molar-refractivity contribution in [3.8, 4) is 0 Å². The molecule has 0 unspecified atom stereocenters. The van der Waals surface area contributed by atoms with Crippen LogP contribution in [0.2, 0.25) is 0 Å². The second-order valence-corrected chi connectivity index (χ2v) is 5.17. The minimum Gasteiger partial charge on any atom is -0.478 e. The number of carboxylic acids is 1. The third-order valence-corrected chi connectivity index (χ3v) is 3.75. The number of carboxylic acid groups (broad SMARTS) is 1. The molecule has 0 amide bonds. The molecule has 3 rings (SSSR count). The van der Waals surface area contributed by atoms with Gasteiger partial charge < -0.3 is 10.4 Å². The molecule has 2 N–H and O–H groups in total. The van der Waals surface area contributed by atoms with Gasteiger partial charge in [0, 0.05) is 12.2 Å². The van der Waals surface area contributed by atoms with Crippen LogP contribution in [0.15, 0.2) is 66.7 Å². The molecule has 3 aromatic carbocycles. The summed E-state index contributed by atoms with van der Waals surface area (Å²) in [6.07, 6.45) is 0.843. The van der Waals surface area contributed by atoms with Gasteiger partial charge in [0.1, 0.15) is 0 Å². The first-order valence-corrected chi connectivity index (χ1v) is 7.28. The summed E-state index contributed by atoms with van der Waals surface area (Å²) in [4.78, 5) is 11.2. The SMILES string of the molecule is O=C(O)c1ccccc1NCCc1cccc2ccccc12. The molecule has 0 atom stereocenters. The number of benzene rings is 3. The van der Waals surface area contributed by atoms with Crippen molar-refractivity contribution in [3.05, 3.63) is 77.9 Å². The van der Waals surface area contributed by atoms with Crippen LogP contribution in [0, 0.1) is 0 Å². The molecular formula is C19H17NO2. The zero-order valence-corrected chi connectivity index (χ0v) is 12.1. The first-order valence-electron chi connectivity index (χ1n) is 7.28. The smallest absolute Gasteiger partial charge is 0.337 e. The summed E-state index contributed by atoms with van der Waals surface area (Å²) >= 11 is 0. The van der Waals surface area contributed by atoms with Gasteiger partial charge in [-0.25, -0.2) is 4.79 Å².